The summed E-state index contributed by atoms with van der Waals surface area (Å²) >= 11 is 0. The molecule has 0 unspecified atom stereocenters. The minimum Gasteiger partial charge on any atom is -0.375 e. The summed E-state index contributed by atoms with van der Waals surface area (Å²) in [6.07, 6.45) is 1.62. The van der Waals surface area contributed by atoms with Gasteiger partial charge in [0, 0.05) is 26.2 Å². The number of hydrogen-bond donors (Lipinski definition) is 1. The average Bonchev–Trinajstić information content (AvgIpc) is 2.37. The molecule has 6 nitrogen and oxygen atoms in total. The first-order valence-electron chi connectivity index (χ1n) is 6.70. The van der Waals surface area contributed by atoms with Crippen LogP contribution >= 0.6 is 0 Å². The molecular weight excluding hydrogens is 248 g/mol. The Hall–Kier alpha value is -1.14. The SMILES string of the molecule is COCC(=O)N1CCC(NC(=O)COC(C)C)CC1. The monoisotopic (exact) mass is 272 g/mol. The van der Waals surface area contributed by atoms with Gasteiger partial charge in [-0.25, -0.2) is 0 Å². The van der Waals surface area contributed by atoms with Gasteiger partial charge in [-0.05, 0) is 26.7 Å². The first-order valence-corrected chi connectivity index (χ1v) is 6.70. The normalized spacial score (nSPS) is 16.7. The van der Waals surface area contributed by atoms with Crippen molar-refractivity contribution in [1.82, 2.24) is 10.2 Å². The zero-order valence-electron chi connectivity index (χ0n) is 12.0. The maximum atomic E-state index is 11.6. The first-order chi connectivity index (χ1) is 9.02. The summed E-state index contributed by atoms with van der Waals surface area (Å²) in [5.41, 5.74) is 0. The van der Waals surface area contributed by atoms with Crippen LogP contribution in [0.15, 0.2) is 0 Å². The standard InChI is InChI=1S/C13H24N2O4/c1-10(2)19-8-12(16)14-11-4-6-15(7-5-11)13(17)9-18-3/h10-11H,4-9H2,1-3H3,(H,14,16). The maximum absolute atomic E-state index is 11.6. The lowest BCUT2D eigenvalue weighted by Crippen LogP contribution is -2.48. The van der Waals surface area contributed by atoms with Crippen LogP contribution in [0.4, 0.5) is 0 Å². The van der Waals surface area contributed by atoms with Crippen LogP contribution in [-0.4, -0.2) is 62.3 Å². The van der Waals surface area contributed by atoms with Gasteiger partial charge in [-0.1, -0.05) is 0 Å². The van der Waals surface area contributed by atoms with Gasteiger partial charge in [0.15, 0.2) is 0 Å². The molecule has 1 rings (SSSR count). The predicted molar refractivity (Wildman–Crippen MR) is 70.7 cm³/mol. The van der Waals surface area contributed by atoms with Crippen LogP contribution in [0.1, 0.15) is 26.7 Å². The lowest BCUT2D eigenvalue weighted by Gasteiger charge is -2.32. The molecule has 0 aromatic carbocycles. The molecular formula is C13H24N2O4. The van der Waals surface area contributed by atoms with Crippen molar-refractivity contribution in [2.24, 2.45) is 0 Å². The molecule has 1 N–H and O–H groups in total. The number of nitrogens with zero attached hydrogens (tertiary/aromatic N) is 1. The van der Waals surface area contributed by atoms with Crippen LogP contribution in [0.25, 0.3) is 0 Å². The highest BCUT2D eigenvalue weighted by atomic mass is 16.5. The highest BCUT2D eigenvalue weighted by Gasteiger charge is 2.23. The first kappa shape index (κ1) is 15.9. The van der Waals surface area contributed by atoms with Crippen LogP contribution in [0, 0.1) is 0 Å². The van der Waals surface area contributed by atoms with Gasteiger partial charge in [-0.15, -0.1) is 0 Å². The lowest BCUT2D eigenvalue weighted by molar-refractivity contribution is -0.136. The number of carbonyl (C=O) groups excluding carboxylic acids is 2. The summed E-state index contributed by atoms with van der Waals surface area (Å²) in [6, 6.07) is 0.134. The Balaban J connectivity index is 2.22. The fraction of sp³-hybridized carbons (Fsp3) is 0.846. The Kier molecular flexibility index (Phi) is 6.80. The van der Waals surface area contributed by atoms with E-state index in [0.717, 1.165) is 12.8 Å². The minimum absolute atomic E-state index is 0.00965. The van der Waals surface area contributed by atoms with Gasteiger partial charge in [0.1, 0.15) is 13.2 Å². The number of amides is 2. The highest BCUT2D eigenvalue weighted by molar-refractivity contribution is 5.78. The molecule has 0 aromatic rings. The molecule has 1 heterocycles. The molecule has 1 aliphatic heterocycles. The van der Waals surface area contributed by atoms with Gasteiger partial charge in [0.05, 0.1) is 6.10 Å². The number of piperidine rings is 1. The zero-order valence-corrected chi connectivity index (χ0v) is 12.0. The summed E-state index contributed by atoms with van der Waals surface area (Å²) in [4.78, 5) is 25.0. The van der Waals surface area contributed by atoms with Crippen molar-refractivity contribution in [3.63, 3.8) is 0 Å². The van der Waals surface area contributed by atoms with Crippen molar-refractivity contribution in [2.45, 2.75) is 38.8 Å². The van der Waals surface area contributed by atoms with Crippen molar-refractivity contribution in [3.8, 4) is 0 Å². The van der Waals surface area contributed by atoms with Gasteiger partial charge in [0.2, 0.25) is 11.8 Å². The molecule has 1 saturated heterocycles. The number of ether oxygens (including phenoxy) is 2. The summed E-state index contributed by atoms with van der Waals surface area (Å²) in [7, 11) is 1.51. The third-order valence-corrected chi connectivity index (χ3v) is 3.03. The second-order valence-electron chi connectivity index (χ2n) is 5.02. The highest BCUT2D eigenvalue weighted by Crippen LogP contribution is 2.10. The molecule has 0 bridgehead atoms. The van der Waals surface area contributed by atoms with E-state index in [-0.39, 0.29) is 37.2 Å². The molecule has 6 heteroatoms. The number of nitrogens with one attached hydrogen (secondary N) is 1. The van der Waals surface area contributed by atoms with Crippen molar-refractivity contribution in [1.29, 1.82) is 0 Å². The van der Waals surface area contributed by atoms with E-state index in [2.05, 4.69) is 5.32 Å². The Bertz CT molecular complexity index is 299. The van der Waals surface area contributed by atoms with E-state index in [1.54, 1.807) is 4.90 Å². The number of methoxy groups -OCH3 is 1. The number of carbonyl (C=O) groups is 2. The Morgan fingerprint density at radius 2 is 1.89 bits per heavy atom. The molecule has 1 aliphatic rings. The molecule has 19 heavy (non-hydrogen) atoms. The Morgan fingerprint density at radius 1 is 1.26 bits per heavy atom. The van der Waals surface area contributed by atoms with Crippen LogP contribution < -0.4 is 5.32 Å². The van der Waals surface area contributed by atoms with Crippen molar-refractivity contribution < 1.29 is 19.1 Å². The smallest absolute Gasteiger partial charge is 0.248 e. The molecule has 1 fully saturated rings. The van der Waals surface area contributed by atoms with E-state index in [1.165, 1.54) is 7.11 Å². The molecule has 0 spiro atoms. The van der Waals surface area contributed by atoms with Gasteiger partial charge in [-0.3, -0.25) is 9.59 Å². The third-order valence-electron chi connectivity index (χ3n) is 3.03. The van der Waals surface area contributed by atoms with Gasteiger partial charge < -0.3 is 19.7 Å². The number of hydrogen-bond acceptors (Lipinski definition) is 4. The van der Waals surface area contributed by atoms with E-state index in [4.69, 9.17) is 9.47 Å². The second-order valence-corrected chi connectivity index (χ2v) is 5.02. The summed E-state index contributed by atoms with van der Waals surface area (Å²) in [5, 5.41) is 2.93. The van der Waals surface area contributed by atoms with Crippen LogP contribution in [0.3, 0.4) is 0 Å². The molecule has 2 amide bonds. The topological polar surface area (TPSA) is 67.9 Å². The van der Waals surface area contributed by atoms with Crippen LogP contribution in [0.2, 0.25) is 0 Å². The van der Waals surface area contributed by atoms with Crippen molar-refractivity contribution in [3.05, 3.63) is 0 Å². The summed E-state index contributed by atoms with van der Waals surface area (Å²) in [5.74, 6) is -0.0780. The predicted octanol–water partition coefficient (Wildman–Crippen LogP) is 0.165. The molecule has 0 atom stereocenters. The van der Waals surface area contributed by atoms with Gasteiger partial charge in [0.25, 0.3) is 0 Å². The van der Waals surface area contributed by atoms with E-state index >= 15 is 0 Å². The molecule has 0 saturated carbocycles. The fourth-order valence-electron chi connectivity index (χ4n) is 2.00. The molecule has 0 aromatic heterocycles. The number of likely N-dealkylation sites (tertiary alicyclic amines) is 1. The quantitative estimate of drug-likeness (QED) is 0.748. The second kappa shape index (κ2) is 8.12. The van der Waals surface area contributed by atoms with E-state index in [0.29, 0.717) is 13.1 Å². The molecule has 0 aliphatic carbocycles. The van der Waals surface area contributed by atoms with E-state index in [9.17, 15) is 9.59 Å². The van der Waals surface area contributed by atoms with Crippen molar-refractivity contribution >= 4 is 11.8 Å². The van der Waals surface area contributed by atoms with E-state index < -0.39 is 0 Å². The molecule has 110 valence electrons. The fourth-order valence-corrected chi connectivity index (χ4v) is 2.00. The maximum Gasteiger partial charge on any atom is 0.248 e. The van der Waals surface area contributed by atoms with Gasteiger partial charge in [-0.2, -0.15) is 0 Å². The minimum atomic E-state index is -0.0876. The zero-order chi connectivity index (χ0) is 14.3. The summed E-state index contributed by atoms with van der Waals surface area (Å²) < 4.78 is 10.1. The number of rotatable bonds is 6. The van der Waals surface area contributed by atoms with Crippen LogP contribution in [0.5, 0.6) is 0 Å². The Labute approximate surface area is 114 Å². The summed E-state index contributed by atoms with van der Waals surface area (Å²) in [6.45, 7) is 5.34. The third kappa shape index (κ3) is 6.02. The van der Waals surface area contributed by atoms with Crippen LogP contribution in [-0.2, 0) is 19.1 Å². The largest absolute Gasteiger partial charge is 0.375 e. The molecule has 0 radical (unpaired) electrons. The average molecular weight is 272 g/mol. The van der Waals surface area contributed by atoms with E-state index in [1.807, 2.05) is 13.8 Å². The van der Waals surface area contributed by atoms with Crippen molar-refractivity contribution in [2.75, 3.05) is 33.4 Å². The lowest BCUT2D eigenvalue weighted by atomic mass is 10.1. The van der Waals surface area contributed by atoms with Gasteiger partial charge >= 0.3 is 0 Å². The Morgan fingerprint density at radius 3 is 2.42 bits per heavy atom.